The second-order valence-electron chi connectivity index (χ2n) is 4.44. The van der Waals surface area contributed by atoms with Gasteiger partial charge in [-0.1, -0.05) is 29.8 Å². The van der Waals surface area contributed by atoms with Crippen molar-refractivity contribution in [2.45, 2.75) is 13.3 Å². The predicted octanol–water partition coefficient (Wildman–Crippen LogP) is 3.45. The Kier molecular flexibility index (Phi) is 4.18. The van der Waals surface area contributed by atoms with Gasteiger partial charge >= 0.3 is 5.97 Å². The summed E-state index contributed by atoms with van der Waals surface area (Å²) in [5, 5.41) is 3.31. The van der Waals surface area contributed by atoms with Crippen molar-refractivity contribution in [1.82, 2.24) is 0 Å². The number of carbonyl (C=O) groups excluding carboxylic acids is 1. The van der Waals surface area contributed by atoms with Crippen LogP contribution in [0.4, 0.5) is 11.4 Å². The number of benzene rings is 2. The number of rotatable bonds is 4. The molecule has 0 saturated heterocycles. The molecule has 3 heteroatoms. The van der Waals surface area contributed by atoms with E-state index in [1.54, 1.807) is 0 Å². The van der Waals surface area contributed by atoms with Crippen LogP contribution in [0.25, 0.3) is 0 Å². The largest absolute Gasteiger partial charge is 0.469 e. The Balaban J connectivity index is 2.02. The summed E-state index contributed by atoms with van der Waals surface area (Å²) < 4.78 is 4.64. The lowest BCUT2D eigenvalue weighted by Crippen LogP contribution is -2.04. The van der Waals surface area contributed by atoms with Crippen LogP contribution in [-0.4, -0.2) is 13.1 Å². The fourth-order valence-corrected chi connectivity index (χ4v) is 1.75. The maximum Gasteiger partial charge on any atom is 0.309 e. The monoisotopic (exact) mass is 255 g/mol. The Hall–Kier alpha value is -2.29. The molecular formula is C16H17NO2. The molecule has 19 heavy (non-hydrogen) atoms. The first-order valence-corrected chi connectivity index (χ1v) is 6.17. The molecule has 2 aromatic carbocycles. The number of hydrogen-bond acceptors (Lipinski definition) is 3. The molecule has 0 fully saturated rings. The van der Waals surface area contributed by atoms with E-state index < -0.39 is 0 Å². The molecule has 98 valence electrons. The van der Waals surface area contributed by atoms with Crippen LogP contribution in [0.15, 0.2) is 48.5 Å². The zero-order valence-corrected chi connectivity index (χ0v) is 11.1. The average molecular weight is 255 g/mol. The maximum atomic E-state index is 11.2. The lowest BCUT2D eigenvalue weighted by molar-refractivity contribution is -0.139. The lowest BCUT2D eigenvalue weighted by atomic mass is 10.1. The summed E-state index contributed by atoms with van der Waals surface area (Å²) in [6.07, 6.45) is 0.307. The summed E-state index contributed by atoms with van der Waals surface area (Å²) in [7, 11) is 1.40. The Morgan fingerprint density at radius 1 is 1.00 bits per heavy atom. The highest BCUT2D eigenvalue weighted by atomic mass is 16.5. The van der Waals surface area contributed by atoms with Crippen molar-refractivity contribution in [3.8, 4) is 0 Å². The van der Waals surface area contributed by atoms with Gasteiger partial charge in [0.05, 0.1) is 13.5 Å². The van der Waals surface area contributed by atoms with Gasteiger partial charge in [0, 0.05) is 11.4 Å². The van der Waals surface area contributed by atoms with Gasteiger partial charge in [0.25, 0.3) is 0 Å². The van der Waals surface area contributed by atoms with Gasteiger partial charge in [-0.3, -0.25) is 4.79 Å². The Morgan fingerprint density at radius 3 is 2.05 bits per heavy atom. The van der Waals surface area contributed by atoms with Crippen molar-refractivity contribution < 1.29 is 9.53 Å². The van der Waals surface area contributed by atoms with Gasteiger partial charge in [-0.2, -0.15) is 0 Å². The Bertz CT molecular complexity index is 544. The highest BCUT2D eigenvalue weighted by Gasteiger charge is 2.02. The molecule has 0 unspecified atom stereocenters. The third-order valence-corrected chi connectivity index (χ3v) is 2.87. The number of carbonyl (C=O) groups is 1. The average Bonchev–Trinajstić information content (AvgIpc) is 2.43. The molecule has 0 aliphatic heterocycles. The fraction of sp³-hybridized carbons (Fsp3) is 0.188. The van der Waals surface area contributed by atoms with E-state index >= 15 is 0 Å². The predicted molar refractivity (Wildman–Crippen MR) is 76.6 cm³/mol. The van der Waals surface area contributed by atoms with E-state index in [0.29, 0.717) is 6.42 Å². The molecule has 0 amide bonds. The van der Waals surface area contributed by atoms with Crippen LogP contribution in [-0.2, 0) is 16.0 Å². The van der Waals surface area contributed by atoms with Crippen LogP contribution in [0.1, 0.15) is 11.1 Å². The van der Waals surface area contributed by atoms with Gasteiger partial charge < -0.3 is 10.1 Å². The standard InChI is InChI=1S/C16H17NO2/c1-12-3-7-14(8-4-12)17-15-9-5-13(6-10-15)11-16(18)19-2/h3-10,17H,11H2,1-2H3. The van der Waals surface area contributed by atoms with Crippen molar-refractivity contribution in [3.05, 3.63) is 59.7 Å². The van der Waals surface area contributed by atoms with Gasteiger partial charge in [-0.15, -0.1) is 0 Å². The van der Waals surface area contributed by atoms with Crippen LogP contribution in [0, 0.1) is 6.92 Å². The minimum absolute atomic E-state index is 0.223. The van der Waals surface area contributed by atoms with E-state index in [1.807, 2.05) is 36.4 Å². The lowest BCUT2D eigenvalue weighted by Gasteiger charge is -2.07. The molecule has 0 saturated carbocycles. The normalized spacial score (nSPS) is 10.0. The quantitative estimate of drug-likeness (QED) is 0.850. The number of ether oxygens (including phenoxy) is 1. The van der Waals surface area contributed by atoms with E-state index in [0.717, 1.165) is 16.9 Å². The first-order chi connectivity index (χ1) is 9.17. The van der Waals surface area contributed by atoms with Gasteiger partial charge in [-0.05, 0) is 36.8 Å². The van der Waals surface area contributed by atoms with Gasteiger partial charge in [0.2, 0.25) is 0 Å². The van der Waals surface area contributed by atoms with E-state index in [-0.39, 0.29) is 5.97 Å². The third kappa shape index (κ3) is 3.85. The van der Waals surface area contributed by atoms with Crippen LogP contribution in [0.5, 0.6) is 0 Å². The molecule has 2 rings (SSSR count). The summed E-state index contributed by atoms with van der Waals surface area (Å²) in [6, 6.07) is 16.0. The topological polar surface area (TPSA) is 38.3 Å². The van der Waals surface area contributed by atoms with Crippen molar-refractivity contribution in [2.75, 3.05) is 12.4 Å². The second kappa shape index (κ2) is 6.05. The summed E-state index contributed by atoms with van der Waals surface area (Å²) in [6.45, 7) is 2.06. The molecular weight excluding hydrogens is 238 g/mol. The SMILES string of the molecule is COC(=O)Cc1ccc(Nc2ccc(C)cc2)cc1. The van der Waals surface area contributed by atoms with Crippen molar-refractivity contribution in [3.63, 3.8) is 0 Å². The maximum absolute atomic E-state index is 11.2. The molecule has 2 aromatic rings. The number of anilines is 2. The van der Waals surface area contributed by atoms with E-state index in [4.69, 9.17) is 0 Å². The smallest absolute Gasteiger partial charge is 0.309 e. The first kappa shape index (κ1) is 13.1. The fourth-order valence-electron chi connectivity index (χ4n) is 1.75. The van der Waals surface area contributed by atoms with E-state index in [9.17, 15) is 4.79 Å². The van der Waals surface area contributed by atoms with Crippen molar-refractivity contribution >= 4 is 17.3 Å². The Labute approximate surface area is 113 Å². The molecule has 0 atom stereocenters. The third-order valence-electron chi connectivity index (χ3n) is 2.87. The minimum Gasteiger partial charge on any atom is -0.469 e. The highest BCUT2D eigenvalue weighted by Crippen LogP contribution is 2.17. The highest BCUT2D eigenvalue weighted by molar-refractivity contribution is 5.72. The van der Waals surface area contributed by atoms with Crippen LogP contribution >= 0.6 is 0 Å². The molecule has 0 aliphatic carbocycles. The zero-order valence-electron chi connectivity index (χ0n) is 11.1. The molecule has 0 spiro atoms. The Morgan fingerprint density at radius 2 is 1.53 bits per heavy atom. The number of aryl methyl sites for hydroxylation is 1. The summed E-state index contributed by atoms with van der Waals surface area (Å²) in [4.78, 5) is 11.2. The van der Waals surface area contributed by atoms with Gasteiger partial charge in [0.1, 0.15) is 0 Å². The zero-order chi connectivity index (χ0) is 13.7. The van der Waals surface area contributed by atoms with Gasteiger partial charge in [0.15, 0.2) is 0 Å². The van der Waals surface area contributed by atoms with Crippen LogP contribution < -0.4 is 5.32 Å². The van der Waals surface area contributed by atoms with Crippen LogP contribution in [0.3, 0.4) is 0 Å². The minimum atomic E-state index is -0.223. The molecule has 0 radical (unpaired) electrons. The van der Waals surface area contributed by atoms with Crippen LogP contribution in [0.2, 0.25) is 0 Å². The summed E-state index contributed by atoms with van der Waals surface area (Å²) in [5.74, 6) is -0.223. The number of methoxy groups -OCH3 is 1. The van der Waals surface area contributed by atoms with Gasteiger partial charge in [-0.25, -0.2) is 0 Å². The summed E-state index contributed by atoms with van der Waals surface area (Å²) in [5.41, 5.74) is 4.23. The summed E-state index contributed by atoms with van der Waals surface area (Å²) >= 11 is 0. The molecule has 0 bridgehead atoms. The molecule has 0 aromatic heterocycles. The van der Waals surface area contributed by atoms with E-state index in [2.05, 4.69) is 29.1 Å². The number of nitrogens with one attached hydrogen (secondary N) is 1. The van der Waals surface area contributed by atoms with E-state index in [1.165, 1.54) is 12.7 Å². The van der Waals surface area contributed by atoms with Crippen molar-refractivity contribution in [1.29, 1.82) is 0 Å². The number of hydrogen-bond donors (Lipinski definition) is 1. The molecule has 0 heterocycles. The first-order valence-electron chi connectivity index (χ1n) is 6.17. The van der Waals surface area contributed by atoms with Crippen molar-refractivity contribution in [2.24, 2.45) is 0 Å². The molecule has 1 N–H and O–H groups in total. The second-order valence-corrected chi connectivity index (χ2v) is 4.44. The number of esters is 1. The molecule has 0 aliphatic rings. The molecule has 3 nitrogen and oxygen atoms in total.